The molecule has 1 amide bonds. The molecule has 0 spiro atoms. The fraction of sp³-hybridized carbons (Fsp3) is 0.174. The monoisotopic (exact) mass is 483 g/mol. The number of carbonyl (C=O) groups excluding carboxylic acids is 1. The largest absolute Gasteiger partial charge is 0.490 e. The van der Waals surface area contributed by atoms with Crippen LogP contribution in [0.1, 0.15) is 12.0 Å². The van der Waals surface area contributed by atoms with Crippen LogP contribution in [0.4, 0.5) is 17.1 Å². The molecule has 0 saturated heterocycles. The zero-order valence-electron chi connectivity index (χ0n) is 17.9. The highest BCUT2D eigenvalue weighted by Crippen LogP contribution is 2.32. The zero-order chi connectivity index (χ0) is 24.1. The third-order valence-electron chi connectivity index (χ3n) is 4.99. The number of amides is 1. The van der Waals surface area contributed by atoms with Crippen molar-refractivity contribution in [3.05, 3.63) is 82.4 Å². The van der Waals surface area contributed by atoms with Crippen LogP contribution in [-0.4, -0.2) is 32.5 Å². The van der Waals surface area contributed by atoms with Crippen molar-refractivity contribution in [3.63, 3.8) is 0 Å². The van der Waals surface area contributed by atoms with Gasteiger partial charge in [0.25, 0.3) is 15.7 Å². The molecule has 1 heterocycles. The van der Waals surface area contributed by atoms with Crippen LogP contribution in [0.3, 0.4) is 0 Å². The second kappa shape index (κ2) is 9.79. The SMILES string of the molecule is O=C(Cc1ccccc1[N+](=O)[O-])Nc1ccc(NS(=O)(=O)c2ccc3c(c2)OCCCO3)cc1. The molecule has 0 bridgehead atoms. The van der Waals surface area contributed by atoms with Crippen molar-refractivity contribution in [2.75, 3.05) is 23.3 Å². The minimum atomic E-state index is -3.88. The van der Waals surface area contributed by atoms with Crippen LogP contribution in [-0.2, 0) is 21.2 Å². The summed E-state index contributed by atoms with van der Waals surface area (Å²) in [6.07, 6.45) is 0.537. The number of fused-ring (bicyclic) bond motifs is 1. The lowest BCUT2D eigenvalue weighted by Gasteiger charge is -2.12. The Bertz CT molecular complexity index is 1320. The molecule has 1 aliphatic rings. The summed E-state index contributed by atoms with van der Waals surface area (Å²) in [5.41, 5.74) is 0.882. The van der Waals surface area contributed by atoms with Crippen molar-refractivity contribution in [1.82, 2.24) is 0 Å². The normalized spacial score (nSPS) is 12.9. The Labute approximate surface area is 195 Å². The molecule has 34 heavy (non-hydrogen) atoms. The minimum absolute atomic E-state index is 0.0265. The Morgan fingerprint density at radius 3 is 2.35 bits per heavy atom. The fourth-order valence-electron chi connectivity index (χ4n) is 3.36. The maximum Gasteiger partial charge on any atom is 0.273 e. The number of nitrogens with one attached hydrogen (secondary N) is 2. The predicted molar refractivity (Wildman–Crippen MR) is 125 cm³/mol. The fourth-order valence-corrected chi connectivity index (χ4v) is 4.44. The van der Waals surface area contributed by atoms with Gasteiger partial charge in [-0.25, -0.2) is 8.42 Å². The Balaban J connectivity index is 1.41. The van der Waals surface area contributed by atoms with Crippen molar-refractivity contribution < 1.29 is 27.6 Å². The predicted octanol–water partition coefficient (Wildman–Crippen LogP) is 3.74. The number of para-hydroxylation sites is 1. The highest BCUT2D eigenvalue weighted by Gasteiger charge is 2.19. The summed E-state index contributed by atoms with van der Waals surface area (Å²) in [7, 11) is -3.88. The van der Waals surface area contributed by atoms with Crippen molar-refractivity contribution in [2.24, 2.45) is 0 Å². The molecule has 0 atom stereocenters. The van der Waals surface area contributed by atoms with Gasteiger partial charge in [0, 0.05) is 35.5 Å². The molecule has 0 aliphatic carbocycles. The first-order valence-electron chi connectivity index (χ1n) is 10.4. The maximum absolute atomic E-state index is 12.8. The number of anilines is 2. The second-order valence-electron chi connectivity index (χ2n) is 7.45. The van der Waals surface area contributed by atoms with Crippen LogP contribution in [0.25, 0.3) is 0 Å². The first-order valence-corrected chi connectivity index (χ1v) is 11.8. The molecule has 2 N–H and O–H groups in total. The second-order valence-corrected chi connectivity index (χ2v) is 9.14. The first-order chi connectivity index (χ1) is 16.3. The van der Waals surface area contributed by atoms with E-state index < -0.39 is 20.9 Å². The van der Waals surface area contributed by atoms with E-state index in [-0.39, 0.29) is 17.0 Å². The molecule has 0 aromatic heterocycles. The van der Waals surface area contributed by atoms with Crippen molar-refractivity contribution in [1.29, 1.82) is 0 Å². The van der Waals surface area contributed by atoms with Gasteiger partial charge in [-0.3, -0.25) is 19.6 Å². The highest BCUT2D eigenvalue weighted by atomic mass is 32.2. The Morgan fingerprint density at radius 2 is 1.62 bits per heavy atom. The molecule has 1 aliphatic heterocycles. The Morgan fingerprint density at radius 1 is 0.941 bits per heavy atom. The third kappa shape index (κ3) is 5.44. The van der Waals surface area contributed by atoms with E-state index in [0.717, 1.165) is 0 Å². The summed E-state index contributed by atoms with van der Waals surface area (Å²) in [5.74, 6) is 0.435. The van der Waals surface area contributed by atoms with Crippen LogP contribution in [0.15, 0.2) is 71.6 Å². The Hall–Kier alpha value is -4.12. The van der Waals surface area contributed by atoms with E-state index in [1.807, 2.05) is 0 Å². The van der Waals surface area contributed by atoms with E-state index in [1.165, 1.54) is 54.6 Å². The van der Waals surface area contributed by atoms with Crippen LogP contribution in [0.5, 0.6) is 11.5 Å². The summed E-state index contributed by atoms with van der Waals surface area (Å²) in [6, 6.07) is 16.5. The van der Waals surface area contributed by atoms with Crippen molar-refractivity contribution in [2.45, 2.75) is 17.7 Å². The molecule has 0 saturated carbocycles. The summed E-state index contributed by atoms with van der Waals surface area (Å²) >= 11 is 0. The molecule has 0 radical (unpaired) electrons. The summed E-state index contributed by atoms with van der Waals surface area (Å²) in [4.78, 5) is 22.9. The van der Waals surface area contributed by atoms with Gasteiger partial charge in [-0.15, -0.1) is 0 Å². The van der Waals surface area contributed by atoms with Crippen LogP contribution >= 0.6 is 0 Å². The van der Waals surface area contributed by atoms with Gasteiger partial charge in [0.1, 0.15) is 0 Å². The van der Waals surface area contributed by atoms with E-state index >= 15 is 0 Å². The number of sulfonamides is 1. The summed E-state index contributed by atoms with van der Waals surface area (Å²) in [6.45, 7) is 0.942. The van der Waals surface area contributed by atoms with E-state index in [2.05, 4.69) is 10.0 Å². The molecule has 3 aromatic rings. The molecule has 0 fully saturated rings. The Kier molecular flexibility index (Phi) is 6.64. The lowest BCUT2D eigenvalue weighted by Crippen LogP contribution is -2.15. The number of rotatable bonds is 7. The number of ether oxygens (including phenoxy) is 2. The van der Waals surface area contributed by atoms with Gasteiger partial charge in [-0.05, 0) is 36.4 Å². The third-order valence-corrected chi connectivity index (χ3v) is 6.37. The average molecular weight is 484 g/mol. The van der Waals surface area contributed by atoms with Crippen molar-refractivity contribution >= 4 is 33.0 Å². The van der Waals surface area contributed by atoms with Gasteiger partial charge < -0.3 is 14.8 Å². The topological polar surface area (TPSA) is 137 Å². The van der Waals surface area contributed by atoms with Gasteiger partial charge in [0.2, 0.25) is 5.91 Å². The molecule has 176 valence electrons. The smallest absolute Gasteiger partial charge is 0.273 e. The van der Waals surface area contributed by atoms with Crippen LogP contribution < -0.4 is 19.5 Å². The van der Waals surface area contributed by atoms with Crippen LogP contribution in [0, 0.1) is 10.1 Å². The van der Waals surface area contributed by atoms with Gasteiger partial charge in [0.05, 0.1) is 29.5 Å². The van der Waals surface area contributed by atoms with Gasteiger partial charge >= 0.3 is 0 Å². The van der Waals surface area contributed by atoms with E-state index in [4.69, 9.17) is 9.47 Å². The van der Waals surface area contributed by atoms with Crippen molar-refractivity contribution in [3.8, 4) is 11.5 Å². The average Bonchev–Trinajstić information content (AvgIpc) is 3.05. The lowest BCUT2D eigenvalue weighted by atomic mass is 10.1. The molecular formula is C23H21N3O7S. The minimum Gasteiger partial charge on any atom is -0.490 e. The number of benzene rings is 3. The first kappa shape index (κ1) is 23.1. The van der Waals surface area contributed by atoms with Gasteiger partial charge in [-0.2, -0.15) is 0 Å². The quantitative estimate of drug-likeness (QED) is 0.386. The number of carbonyl (C=O) groups is 1. The molecule has 0 unspecified atom stereocenters. The molecule has 11 heteroatoms. The standard InChI is InChI=1S/C23H21N3O7S/c27-23(14-16-4-1-2-5-20(16)26(28)29)24-17-6-8-18(9-7-17)25-34(30,31)19-10-11-21-22(15-19)33-13-3-12-32-21/h1-2,4-11,15,25H,3,12-14H2,(H,24,27). The maximum atomic E-state index is 12.8. The summed E-state index contributed by atoms with van der Waals surface area (Å²) in [5, 5.41) is 13.8. The number of hydrogen-bond donors (Lipinski definition) is 2. The molecule has 4 rings (SSSR count). The number of nitrogens with zero attached hydrogens (tertiary/aromatic N) is 1. The van der Waals surface area contributed by atoms with E-state index in [9.17, 15) is 23.3 Å². The summed E-state index contributed by atoms with van der Waals surface area (Å²) < 4.78 is 39.2. The molecule has 3 aromatic carbocycles. The van der Waals surface area contributed by atoms with E-state index in [0.29, 0.717) is 48.1 Å². The number of hydrogen-bond acceptors (Lipinski definition) is 7. The number of nitro benzene ring substituents is 1. The van der Waals surface area contributed by atoms with Crippen LogP contribution in [0.2, 0.25) is 0 Å². The van der Waals surface area contributed by atoms with Gasteiger partial charge in [-0.1, -0.05) is 18.2 Å². The highest BCUT2D eigenvalue weighted by molar-refractivity contribution is 7.92. The molecule has 10 nitrogen and oxygen atoms in total. The molecular weight excluding hydrogens is 462 g/mol. The van der Waals surface area contributed by atoms with Gasteiger partial charge in [0.15, 0.2) is 11.5 Å². The number of nitro groups is 1. The van der Waals surface area contributed by atoms with E-state index in [1.54, 1.807) is 12.1 Å². The zero-order valence-corrected chi connectivity index (χ0v) is 18.7. The lowest BCUT2D eigenvalue weighted by molar-refractivity contribution is -0.385.